The molecule has 120 valence electrons. The van der Waals surface area contributed by atoms with E-state index in [0.717, 1.165) is 11.3 Å². The molecule has 0 aliphatic carbocycles. The number of rotatable bonds is 2. The van der Waals surface area contributed by atoms with Gasteiger partial charge in [0.15, 0.2) is 11.5 Å². The lowest BCUT2D eigenvalue weighted by atomic mass is 9.97. The number of nitrogens with zero attached hydrogens (tertiary/aromatic N) is 2. The van der Waals surface area contributed by atoms with Gasteiger partial charge in [0.2, 0.25) is 0 Å². The van der Waals surface area contributed by atoms with Crippen molar-refractivity contribution in [1.29, 1.82) is 5.26 Å². The number of anilines is 2. The lowest BCUT2D eigenvalue weighted by molar-refractivity contribution is 0.100. The number of carbonyl (C=O) groups is 1. The van der Waals surface area contributed by atoms with Gasteiger partial charge in [-0.25, -0.2) is 4.98 Å². The van der Waals surface area contributed by atoms with E-state index in [1.165, 1.54) is 18.2 Å². The first-order chi connectivity index (χ1) is 11.3. The molecule has 0 saturated heterocycles. The van der Waals surface area contributed by atoms with Crippen LogP contribution in [0.15, 0.2) is 18.2 Å². The molecule has 0 radical (unpaired) electrons. The fraction of sp³-hybridized carbons (Fsp3) is 0. The summed E-state index contributed by atoms with van der Waals surface area (Å²) < 4.78 is 0. The normalized spacial score (nSPS) is 10.6. The molecule has 8 N–H and O–H groups in total. The van der Waals surface area contributed by atoms with Gasteiger partial charge in [-0.2, -0.15) is 5.26 Å². The molecule has 0 aliphatic rings. The molecule has 0 fully saturated rings. The van der Waals surface area contributed by atoms with E-state index in [9.17, 15) is 20.3 Å². The average Bonchev–Trinajstić information content (AvgIpc) is 2.85. The van der Waals surface area contributed by atoms with E-state index in [2.05, 4.69) is 4.98 Å². The van der Waals surface area contributed by atoms with Crippen molar-refractivity contribution in [3.8, 4) is 28.7 Å². The van der Waals surface area contributed by atoms with E-state index in [1.54, 1.807) is 0 Å². The van der Waals surface area contributed by atoms with Crippen molar-refractivity contribution in [2.24, 2.45) is 5.73 Å². The van der Waals surface area contributed by atoms with E-state index in [0.29, 0.717) is 21.3 Å². The summed E-state index contributed by atoms with van der Waals surface area (Å²) in [7, 11) is 0. The van der Waals surface area contributed by atoms with Gasteiger partial charge in [-0.3, -0.25) is 4.79 Å². The molecule has 0 bridgehead atoms. The number of fused-ring (bicyclic) bond motifs is 1. The monoisotopic (exact) mass is 341 g/mol. The third-order valence-electron chi connectivity index (χ3n) is 3.50. The number of aromatic hydroxyl groups is 2. The topological polar surface area (TPSA) is 172 Å². The van der Waals surface area contributed by atoms with Crippen molar-refractivity contribution >= 4 is 39.0 Å². The van der Waals surface area contributed by atoms with E-state index in [4.69, 9.17) is 17.2 Å². The molecular formula is C15H11N5O3S. The van der Waals surface area contributed by atoms with Crippen LogP contribution in [-0.2, 0) is 0 Å². The lowest BCUT2D eigenvalue weighted by Gasteiger charge is -2.10. The molecule has 9 heteroatoms. The minimum absolute atomic E-state index is 0.0372. The highest BCUT2D eigenvalue weighted by atomic mass is 32.1. The van der Waals surface area contributed by atoms with Crippen LogP contribution in [0.2, 0.25) is 0 Å². The largest absolute Gasteiger partial charge is 0.504 e. The minimum atomic E-state index is -0.716. The number of hydrogen-bond acceptors (Lipinski definition) is 8. The summed E-state index contributed by atoms with van der Waals surface area (Å²) in [6.07, 6.45) is 0. The Kier molecular flexibility index (Phi) is 3.39. The first-order valence-electron chi connectivity index (χ1n) is 6.58. The first-order valence-corrected chi connectivity index (χ1v) is 7.40. The standard InChI is InChI=1S/C15H11N5O3S/c16-4-6-9(5-1-2-7(21)8(22)3-5)10-11(17)12(14(19)23)24-15(10)20-13(6)18/h1-3,21-22H,17H2,(H2,18,20)(H2,19,23). The molecule has 1 amide bonds. The summed E-state index contributed by atoms with van der Waals surface area (Å²) in [5.74, 6) is -1.44. The molecule has 24 heavy (non-hydrogen) atoms. The van der Waals surface area contributed by atoms with Gasteiger partial charge < -0.3 is 27.4 Å². The first kappa shape index (κ1) is 15.4. The molecule has 2 aromatic heterocycles. The van der Waals surface area contributed by atoms with Crippen LogP contribution >= 0.6 is 11.3 Å². The number of benzene rings is 1. The third-order valence-corrected chi connectivity index (χ3v) is 4.62. The van der Waals surface area contributed by atoms with Crippen molar-refractivity contribution in [3.63, 3.8) is 0 Å². The number of aromatic nitrogens is 1. The number of amides is 1. The number of carbonyl (C=O) groups excluding carboxylic acids is 1. The second-order valence-electron chi connectivity index (χ2n) is 4.95. The summed E-state index contributed by atoms with van der Waals surface area (Å²) in [5, 5.41) is 29.0. The second kappa shape index (κ2) is 5.29. The Balaban J connectivity index is 2.50. The maximum absolute atomic E-state index is 11.5. The highest BCUT2D eigenvalue weighted by Crippen LogP contribution is 2.43. The van der Waals surface area contributed by atoms with Crippen LogP contribution < -0.4 is 17.2 Å². The van der Waals surface area contributed by atoms with Crippen LogP contribution in [0, 0.1) is 11.3 Å². The summed E-state index contributed by atoms with van der Waals surface area (Å²) in [5.41, 5.74) is 18.0. The number of phenols is 2. The summed E-state index contributed by atoms with van der Waals surface area (Å²) >= 11 is 0.970. The van der Waals surface area contributed by atoms with E-state index in [1.807, 2.05) is 6.07 Å². The molecule has 0 unspecified atom stereocenters. The molecule has 8 nitrogen and oxygen atoms in total. The summed E-state index contributed by atoms with van der Waals surface area (Å²) in [4.78, 5) is 16.1. The molecule has 0 atom stereocenters. The molecule has 3 rings (SSSR count). The maximum atomic E-state index is 11.5. The van der Waals surface area contributed by atoms with Crippen LogP contribution in [0.4, 0.5) is 11.5 Å². The zero-order valence-electron chi connectivity index (χ0n) is 12.1. The van der Waals surface area contributed by atoms with Gasteiger partial charge in [0.25, 0.3) is 5.91 Å². The number of nitriles is 1. The number of pyridine rings is 1. The van der Waals surface area contributed by atoms with Gasteiger partial charge in [0.05, 0.1) is 5.69 Å². The summed E-state index contributed by atoms with van der Waals surface area (Å²) in [6, 6.07) is 5.99. The number of thiophene rings is 1. The van der Waals surface area contributed by atoms with Crippen LogP contribution in [0.1, 0.15) is 15.2 Å². The van der Waals surface area contributed by atoms with Gasteiger partial charge >= 0.3 is 0 Å². The number of nitrogens with two attached hydrogens (primary N) is 3. The minimum Gasteiger partial charge on any atom is -0.504 e. The Labute approximate surface area is 139 Å². The second-order valence-corrected chi connectivity index (χ2v) is 5.95. The van der Waals surface area contributed by atoms with Crippen molar-refractivity contribution in [1.82, 2.24) is 4.98 Å². The van der Waals surface area contributed by atoms with Crippen molar-refractivity contribution in [2.45, 2.75) is 0 Å². The number of phenolic OH excluding ortho intramolecular Hbond substituents is 2. The molecule has 0 aliphatic heterocycles. The smallest absolute Gasteiger partial charge is 0.260 e. The Bertz CT molecular complexity index is 1050. The molecule has 3 aromatic rings. The van der Waals surface area contributed by atoms with Crippen LogP contribution in [0.3, 0.4) is 0 Å². The number of nitrogen functional groups attached to an aromatic ring is 2. The summed E-state index contributed by atoms with van der Waals surface area (Å²) in [6.45, 7) is 0. The Hall–Kier alpha value is -3.51. The van der Waals surface area contributed by atoms with E-state index >= 15 is 0 Å². The fourth-order valence-corrected chi connectivity index (χ4v) is 3.40. The number of primary amides is 1. The lowest BCUT2D eigenvalue weighted by Crippen LogP contribution is -2.10. The van der Waals surface area contributed by atoms with Gasteiger partial charge in [0, 0.05) is 10.9 Å². The Morgan fingerprint density at radius 1 is 1.25 bits per heavy atom. The Morgan fingerprint density at radius 2 is 1.96 bits per heavy atom. The Morgan fingerprint density at radius 3 is 2.54 bits per heavy atom. The molecule has 2 heterocycles. The van der Waals surface area contributed by atoms with Crippen molar-refractivity contribution < 1.29 is 15.0 Å². The van der Waals surface area contributed by atoms with Crippen LogP contribution in [0.25, 0.3) is 21.3 Å². The van der Waals surface area contributed by atoms with E-state index in [-0.39, 0.29) is 33.4 Å². The van der Waals surface area contributed by atoms with Gasteiger partial charge in [-0.05, 0) is 17.7 Å². The van der Waals surface area contributed by atoms with E-state index < -0.39 is 5.91 Å². The number of hydrogen-bond donors (Lipinski definition) is 5. The van der Waals surface area contributed by atoms with Crippen molar-refractivity contribution in [3.05, 3.63) is 28.6 Å². The van der Waals surface area contributed by atoms with Gasteiger partial charge in [-0.1, -0.05) is 6.07 Å². The maximum Gasteiger partial charge on any atom is 0.260 e. The molecule has 1 aromatic carbocycles. The van der Waals surface area contributed by atoms with Gasteiger partial charge in [-0.15, -0.1) is 11.3 Å². The zero-order chi connectivity index (χ0) is 17.6. The third kappa shape index (κ3) is 2.13. The highest BCUT2D eigenvalue weighted by Gasteiger charge is 2.23. The van der Waals surface area contributed by atoms with Crippen molar-refractivity contribution in [2.75, 3.05) is 11.5 Å². The van der Waals surface area contributed by atoms with Crippen LogP contribution in [0.5, 0.6) is 11.5 Å². The fourth-order valence-electron chi connectivity index (χ4n) is 2.43. The quantitative estimate of drug-likeness (QED) is 0.439. The van der Waals surface area contributed by atoms with Crippen LogP contribution in [-0.4, -0.2) is 21.1 Å². The highest BCUT2D eigenvalue weighted by molar-refractivity contribution is 7.21. The zero-order valence-corrected chi connectivity index (χ0v) is 12.9. The molecule has 0 saturated carbocycles. The SMILES string of the molecule is N#Cc1c(N)nc2sc(C(N)=O)c(N)c2c1-c1ccc(O)c(O)c1. The predicted molar refractivity (Wildman–Crippen MR) is 90.4 cm³/mol. The molecule has 0 spiro atoms. The van der Waals surface area contributed by atoms with Gasteiger partial charge in [0.1, 0.15) is 27.2 Å². The molecular weight excluding hydrogens is 330 g/mol. The predicted octanol–water partition coefficient (Wildman–Crippen LogP) is 1.51. The average molecular weight is 341 g/mol.